The van der Waals surface area contributed by atoms with Crippen LogP contribution in [0.1, 0.15) is 31.1 Å². The number of aliphatic hydroxyl groups excluding tert-OH is 1. The van der Waals surface area contributed by atoms with Crippen molar-refractivity contribution in [2.45, 2.75) is 20.0 Å². The average Bonchev–Trinajstić information content (AvgIpc) is 2.78. The van der Waals surface area contributed by atoms with Crippen LogP contribution in [0.25, 0.3) is 0 Å². The molecule has 5 nitrogen and oxygen atoms in total. The molecule has 2 aromatic carbocycles. The van der Waals surface area contributed by atoms with Gasteiger partial charge in [-0.1, -0.05) is 26.0 Å². The summed E-state index contributed by atoms with van der Waals surface area (Å²) in [7, 11) is 3.14. The first-order valence-corrected chi connectivity index (χ1v) is 8.24. The van der Waals surface area contributed by atoms with Gasteiger partial charge in [0.1, 0.15) is 17.6 Å². The molecule has 1 N–H and O–H groups in total. The highest BCUT2D eigenvalue weighted by Crippen LogP contribution is 2.41. The lowest BCUT2D eigenvalue weighted by atomic mass is 9.97. The van der Waals surface area contributed by atoms with Crippen molar-refractivity contribution in [3.63, 3.8) is 0 Å². The topological polar surface area (TPSA) is 57.2 Å². The second kappa shape index (κ2) is 6.84. The van der Waals surface area contributed by atoms with E-state index in [-0.39, 0.29) is 5.41 Å². The van der Waals surface area contributed by atoms with Crippen LogP contribution in [-0.2, 0) is 0 Å². The van der Waals surface area contributed by atoms with Crippen LogP contribution in [0.5, 0.6) is 23.0 Å². The van der Waals surface area contributed by atoms with Crippen LogP contribution in [0.3, 0.4) is 0 Å². The fourth-order valence-corrected chi connectivity index (χ4v) is 2.83. The molecule has 0 aliphatic carbocycles. The molecular weight excluding hydrogens is 320 g/mol. The minimum Gasteiger partial charge on any atom is -0.496 e. The van der Waals surface area contributed by atoms with E-state index in [1.54, 1.807) is 26.4 Å². The minimum atomic E-state index is -0.906. The second-order valence-electron chi connectivity index (χ2n) is 6.93. The van der Waals surface area contributed by atoms with E-state index in [1.165, 1.54) is 0 Å². The lowest BCUT2D eigenvalue weighted by molar-refractivity contribution is 0.140. The van der Waals surface area contributed by atoms with Crippen molar-refractivity contribution in [3.8, 4) is 23.0 Å². The third kappa shape index (κ3) is 3.51. The Morgan fingerprint density at radius 3 is 2.16 bits per heavy atom. The first-order chi connectivity index (χ1) is 11.9. The van der Waals surface area contributed by atoms with Crippen molar-refractivity contribution in [2.75, 3.05) is 27.4 Å². The van der Waals surface area contributed by atoms with Gasteiger partial charge in [-0.25, -0.2) is 0 Å². The summed E-state index contributed by atoms with van der Waals surface area (Å²) >= 11 is 0. The predicted molar refractivity (Wildman–Crippen MR) is 94.8 cm³/mol. The van der Waals surface area contributed by atoms with Gasteiger partial charge in [-0.3, -0.25) is 0 Å². The highest BCUT2D eigenvalue weighted by Gasteiger charge is 2.27. The minimum absolute atomic E-state index is 0.0658. The normalized spacial score (nSPS) is 16.7. The number of methoxy groups -OCH3 is 2. The maximum atomic E-state index is 10.9. The van der Waals surface area contributed by atoms with Crippen molar-refractivity contribution in [3.05, 3.63) is 47.5 Å². The molecule has 1 atom stereocenters. The maximum absolute atomic E-state index is 10.9. The van der Waals surface area contributed by atoms with E-state index in [9.17, 15) is 5.11 Å². The zero-order valence-electron chi connectivity index (χ0n) is 15.0. The molecule has 0 saturated carbocycles. The van der Waals surface area contributed by atoms with Gasteiger partial charge in [0.15, 0.2) is 11.5 Å². The number of ether oxygens (including phenoxy) is 4. The fourth-order valence-electron chi connectivity index (χ4n) is 2.83. The standard InChI is InChI=1S/C20H24O5/c1-20(2)11-24-14-9-8-13(10-17(14)25-12-20)19(21)18-15(22-3)6-5-7-16(18)23-4/h5-10,19,21H,11-12H2,1-4H3. The molecule has 0 radical (unpaired) electrons. The number of aliphatic hydroxyl groups is 1. The molecule has 1 unspecified atom stereocenters. The van der Waals surface area contributed by atoms with E-state index in [0.29, 0.717) is 47.3 Å². The third-order valence-corrected chi connectivity index (χ3v) is 4.26. The van der Waals surface area contributed by atoms with Crippen LogP contribution in [0, 0.1) is 5.41 Å². The Morgan fingerprint density at radius 1 is 0.960 bits per heavy atom. The Labute approximate surface area is 148 Å². The Morgan fingerprint density at radius 2 is 1.56 bits per heavy atom. The van der Waals surface area contributed by atoms with Crippen molar-refractivity contribution in [2.24, 2.45) is 5.41 Å². The summed E-state index contributed by atoms with van der Waals surface area (Å²) in [5.41, 5.74) is 1.20. The zero-order valence-corrected chi connectivity index (χ0v) is 15.0. The van der Waals surface area contributed by atoms with Crippen LogP contribution in [0.2, 0.25) is 0 Å². The van der Waals surface area contributed by atoms with Gasteiger partial charge in [-0.15, -0.1) is 0 Å². The average molecular weight is 344 g/mol. The molecule has 1 aliphatic rings. The molecule has 0 bridgehead atoms. The molecule has 2 aromatic rings. The van der Waals surface area contributed by atoms with Gasteiger partial charge >= 0.3 is 0 Å². The number of hydrogen-bond donors (Lipinski definition) is 1. The summed E-state index contributed by atoms with van der Waals surface area (Å²) < 4.78 is 22.5. The van der Waals surface area contributed by atoms with Gasteiger partial charge in [0, 0.05) is 5.41 Å². The van der Waals surface area contributed by atoms with Crippen LogP contribution >= 0.6 is 0 Å². The van der Waals surface area contributed by atoms with Crippen molar-refractivity contribution < 1.29 is 24.1 Å². The van der Waals surface area contributed by atoms with Gasteiger partial charge in [0.25, 0.3) is 0 Å². The Hall–Kier alpha value is -2.40. The summed E-state index contributed by atoms with van der Waals surface area (Å²) in [6, 6.07) is 10.9. The van der Waals surface area contributed by atoms with Crippen molar-refractivity contribution >= 4 is 0 Å². The second-order valence-corrected chi connectivity index (χ2v) is 6.93. The number of rotatable bonds is 4. The zero-order chi connectivity index (χ0) is 18.0. The summed E-state index contributed by atoms with van der Waals surface area (Å²) in [5, 5.41) is 10.9. The number of benzene rings is 2. The molecule has 134 valence electrons. The van der Waals surface area contributed by atoms with E-state index >= 15 is 0 Å². The molecule has 0 spiro atoms. The molecule has 5 heteroatoms. The molecule has 0 aromatic heterocycles. The Balaban J connectivity index is 1.98. The molecule has 1 heterocycles. The lowest BCUT2D eigenvalue weighted by Gasteiger charge is -2.20. The van der Waals surface area contributed by atoms with Gasteiger partial charge in [0.05, 0.1) is 33.0 Å². The van der Waals surface area contributed by atoms with Gasteiger partial charge in [-0.05, 0) is 29.8 Å². The van der Waals surface area contributed by atoms with Gasteiger partial charge < -0.3 is 24.1 Å². The molecular formula is C20H24O5. The number of hydrogen-bond acceptors (Lipinski definition) is 5. The van der Waals surface area contributed by atoms with Gasteiger partial charge in [0.2, 0.25) is 0 Å². The van der Waals surface area contributed by atoms with E-state index in [1.807, 2.05) is 24.3 Å². The highest BCUT2D eigenvalue weighted by atomic mass is 16.5. The fraction of sp³-hybridized carbons (Fsp3) is 0.400. The van der Waals surface area contributed by atoms with E-state index < -0.39 is 6.10 Å². The SMILES string of the molecule is COc1cccc(OC)c1C(O)c1ccc2c(c1)OCC(C)(C)CO2. The van der Waals surface area contributed by atoms with E-state index in [4.69, 9.17) is 18.9 Å². The summed E-state index contributed by atoms with van der Waals surface area (Å²) in [6.07, 6.45) is -0.906. The first kappa shape index (κ1) is 17.4. The Bertz CT molecular complexity index is 731. The molecule has 1 aliphatic heterocycles. The predicted octanol–water partition coefficient (Wildman–Crippen LogP) is 3.58. The highest BCUT2D eigenvalue weighted by molar-refractivity contribution is 5.52. The van der Waals surface area contributed by atoms with Crippen LogP contribution in [0.4, 0.5) is 0 Å². The van der Waals surface area contributed by atoms with Gasteiger partial charge in [-0.2, -0.15) is 0 Å². The van der Waals surface area contributed by atoms with Crippen LogP contribution in [-0.4, -0.2) is 32.5 Å². The first-order valence-electron chi connectivity index (χ1n) is 8.24. The summed E-state index contributed by atoms with van der Waals surface area (Å²) in [6.45, 7) is 5.32. The summed E-state index contributed by atoms with van der Waals surface area (Å²) in [5.74, 6) is 2.46. The summed E-state index contributed by atoms with van der Waals surface area (Å²) in [4.78, 5) is 0. The molecule has 3 rings (SSSR count). The lowest BCUT2D eigenvalue weighted by Crippen LogP contribution is -2.26. The largest absolute Gasteiger partial charge is 0.496 e. The van der Waals surface area contributed by atoms with Crippen molar-refractivity contribution in [1.82, 2.24) is 0 Å². The monoisotopic (exact) mass is 344 g/mol. The molecule has 0 fully saturated rings. The molecule has 25 heavy (non-hydrogen) atoms. The Kier molecular flexibility index (Phi) is 4.77. The quantitative estimate of drug-likeness (QED) is 0.919. The van der Waals surface area contributed by atoms with Crippen LogP contribution < -0.4 is 18.9 Å². The molecule has 0 saturated heterocycles. The number of fused-ring (bicyclic) bond motifs is 1. The van der Waals surface area contributed by atoms with E-state index in [0.717, 1.165) is 0 Å². The van der Waals surface area contributed by atoms with Crippen molar-refractivity contribution in [1.29, 1.82) is 0 Å². The van der Waals surface area contributed by atoms with Crippen LogP contribution in [0.15, 0.2) is 36.4 Å². The smallest absolute Gasteiger partial charge is 0.161 e. The molecule has 0 amide bonds. The van der Waals surface area contributed by atoms with E-state index in [2.05, 4.69) is 13.8 Å². The maximum Gasteiger partial charge on any atom is 0.161 e. The third-order valence-electron chi connectivity index (χ3n) is 4.26.